The van der Waals surface area contributed by atoms with Crippen LogP contribution in [-0.2, 0) is 27.3 Å². The van der Waals surface area contributed by atoms with Crippen molar-refractivity contribution in [2.45, 2.75) is 59.0 Å². The molecule has 3 amide bonds. The third-order valence-electron chi connectivity index (χ3n) is 5.46. The number of anilines is 1. The summed E-state index contributed by atoms with van der Waals surface area (Å²) in [7, 11) is 0. The lowest BCUT2D eigenvalue weighted by molar-refractivity contribution is -0.149. The zero-order chi connectivity index (χ0) is 21.2. The molecule has 8 heteroatoms. The Morgan fingerprint density at radius 1 is 1.24 bits per heavy atom. The molecule has 1 aromatic carbocycles. The van der Waals surface area contributed by atoms with Crippen LogP contribution in [0.1, 0.15) is 46.4 Å². The van der Waals surface area contributed by atoms with E-state index in [9.17, 15) is 14.4 Å². The van der Waals surface area contributed by atoms with Gasteiger partial charge in [0.05, 0.1) is 11.0 Å². The van der Waals surface area contributed by atoms with Crippen molar-refractivity contribution in [1.82, 2.24) is 19.8 Å². The van der Waals surface area contributed by atoms with Crippen molar-refractivity contribution in [3.63, 3.8) is 0 Å². The second kappa shape index (κ2) is 8.23. The van der Waals surface area contributed by atoms with E-state index in [-0.39, 0.29) is 30.6 Å². The van der Waals surface area contributed by atoms with E-state index in [1.165, 1.54) is 0 Å². The third-order valence-corrected chi connectivity index (χ3v) is 5.46. The number of nitrogens with zero attached hydrogens (tertiary/aromatic N) is 3. The highest BCUT2D eigenvalue weighted by atomic mass is 16.2. The van der Waals surface area contributed by atoms with E-state index >= 15 is 0 Å². The Labute approximate surface area is 170 Å². The van der Waals surface area contributed by atoms with Crippen LogP contribution < -0.4 is 10.6 Å². The molecule has 0 radical (unpaired) electrons. The fourth-order valence-electron chi connectivity index (χ4n) is 3.80. The first kappa shape index (κ1) is 20.8. The van der Waals surface area contributed by atoms with Crippen molar-refractivity contribution < 1.29 is 14.4 Å². The summed E-state index contributed by atoms with van der Waals surface area (Å²) in [6.07, 6.45) is 0.973. The van der Waals surface area contributed by atoms with Gasteiger partial charge < -0.3 is 20.1 Å². The van der Waals surface area contributed by atoms with Crippen LogP contribution in [0.5, 0.6) is 0 Å². The smallest absolute Gasteiger partial charge is 0.245 e. The van der Waals surface area contributed by atoms with Crippen molar-refractivity contribution in [3.05, 3.63) is 24.0 Å². The molecule has 0 unspecified atom stereocenters. The van der Waals surface area contributed by atoms with Gasteiger partial charge in [0.2, 0.25) is 17.7 Å². The number of piperazine rings is 1. The molecular weight excluding hydrogens is 370 g/mol. The molecular formula is C21H29N5O3. The Balaban J connectivity index is 1.62. The summed E-state index contributed by atoms with van der Waals surface area (Å²) in [6.45, 7) is 9.32. The van der Waals surface area contributed by atoms with Gasteiger partial charge in [-0.15, -0.1) is 0 Å². The van der Waals surface area contributed by atoms with E-state index in [0.717, 1.165) is 29.8 Å². The minimum Gasteiger partial charge on any atom is -0.352 e. The molecule has 1 saturated heterocycles. The van der Waals surface area contributed by atoms with Crippen LogP contribution in [0.3, 0.4) is 0 Å². The van der Waals surface area contributed by atoms with Gasteiger partial charge in [0, 0.05) is 44.6 Å². The van der Waals surface area contributed by atoms with E-state index in [2.05, 4.69) is 34.0 Å². The minimum absolute atomic E-state index is 0.0642. The number of amides is 3. The van der Waals surface area contributed by atoms with Gasteiger partial charge in [0.15, 0.2) is 0 Å². The maximum Gasteiger partial charge on any atom is 0.245 e. The quantitative estimate of drug-likeness (QED) is 0.777. The van der Waals surface area contributed by atoms with Crippen molar-refractivity contribution >= 4 is 34.4 Å². The Morgan fingerprint density at radius 3 is 2.69 bits per heavy atom. The number of carbonyl (C=O) groups is 3. The molecule has 0 spiro atoms. The summed E-state index contributed by atoms with van der Waals surface area (Å²) in [5.74, 6) is 0.421. The first-order valence-corrected chi connectivity index (χ1v) is 10.2. The molecule has 0 aliphatic carbocycles. The van der Waals surface area contributed by atoms with Gasteiger partial charge >= 0.3 is 0 Å². The zero-order valence-electron chi connectivity index (χ0n) is 17.5. The number of benzene rings is 1. The van der Waals surface area contributed by atoms with Gasteiger partial charge in [-0.1, -0.05) is 6.92 Å². The van der Waals surface area contributed by atoms with Gasteiger partial charge in [-0.3, -0.25) is 14.4 Å². The van der Waals surface area contributed by atoms with E-state index < -0.39 is 5.54 Å². The van der Waals surface area contributed by atoms with Crippen molar-refractivity contribution in [1.29, 1.82) is 0 Å². The molecule has 156 valence electrons. The Morgan fingerprint density at radius 2 is 2.00 bits per heavy atom. The topological polar surface area (TPSA) is 96.3 Å². The average molecular weight is 399 g/mol. The number of aryl methyl sites for hydroxylation is 2. The molecule has 1 aliphatic heterocycles. The van der Waals surface area contributed by atoms with Crippen LogP contribution >= 0.6 is 0 Å². The van der Waals surface area contributed by atoms with E-state index in [1.54, 1.807) is 18.7 Å². The molecule has 1 fully saturated rings. The van der Waals surface area contributed by atoms with Crippen molar-refractivity contribution in [3.8, 4) is 0 Å². The molecule has 2 N–H and O–H groups in total. The molecule has 0 bridgehead atoms. The third kappa shape index (κ3) is 4.11. The van der Waals surface area contributed by atoms with E-state index in [0.29, 0.717) is 18.8 Å². The number of aromatic nitrogens is 2. The average Bonchev–Trinajstić information content (AvgIpc) is 3.05. The SMILES string of the molecule is CCc1nc2cc(NC(=O)CCC(=O)N3CCNC(=O)C3(C)C)ccc2n1CC. The number of hydrogen-bond donors (Lipinski definition) is 2. The van der Waals surface area contributed by atoms with Gasteiger partial charge in [0.1, 0.15) is 11.4 Å². The van der Waals surface area contributed by atoms with Crippen molar-refractivity contribution in [2.75, 3.05) is 18.4 Å². The van der Waals surface area contributed by atoms with Crippen molar-refractivity contribution in [2.24, 2.45) is 0 Å². The van der Waals surface area contributed by atoms with Gasteiger partial charge in [0.25, 0.3) is 0 Å². The highest BCUT2D eigenvalue weighted by Gasteiger charge is 2.40. The molecule has 3 rings (SSSR count). The summed E-state index contributed by atoms with van der Waals surface area (Å²) in [4.78, 5) is 43.1. The lowest BCUT2D eigenvalue weighted by atomic mass is 9.98. The second-order valence-corrected chi connectivity index (χ2v) is 7.74. The summed E-state index contributed by atoms with van der Waals surface area (Å²) < 4.78 is 2.16. The molecule has 29 heavy (non-hydrogen) atoms. The maximum absolute atomic E-state index is 12.6. The van der Waals surface area contributed by atoms with E-state index in [1.807, 2.05) is 18.2 Å². The Bertz CT molecular complexity index is 947. The predicted octanol–water partition coefficient (Wildman–Crippen LogP) is 2.07. The number of nitrogens with one attached hydrogen (secondary N) is 2. The largest absolute Gasteiger partial charge is 0.352 e. The second-order valence-electron chi connectivity index (χ2n) is 7.74. The summed E-state index contributed by atoms with van der Waals surface area (Å²) in [6, 6.07) is 5.67. The number of hydrogen-bond acceptors (Lipinski definition) is 4. The number of carbonyl (C=O) groups excluding carboxylic acids is 3. The fraction of sp³-hybridized carbons (Fsp3) is 0.524. The Kier molecular flexibility index (Phi) is 5.91. The van der Waals surface area contributed by atoms with Crippen LogP contribution in [0.2, 0.25) is 0 Å². The number of rotatable bonds is 6. The standard InChI is InChI=1S/C21H29N5O3/c1-5-17-24-15-13-14(7-8-16(15)25(17)6-2)23-18(27)9-10-19(28)26-12-11-22-20(29)21(26,3)4/h7-8,13H,5-6,9-12H2,1-4H3,(H,22,29)(H,23,27). The predicted molar refractivity (Wildman–Crippen MR) is 111 cm³/mol. The van der Waals surface area contributed by atoms with Crippen LogP contribution in [0.25, 0.3) is 11.0 Å². The molecule has 2 aromatic rings. The summed E-state index contributed by atoms with van der Waals surface area (Å²) >= 11 is 0. The first-order chi connectivity index (χ1) is 13.8. The van der Waals surface area contributed by atoms with Crippen LogP contribution in [0.15, 0.2) is 18.2 Å². The lowest BCUT2D eigenvalue weighted by Gasteiger charge is -2.41. The lowest BCUT2D eigenvalue weighted by Crippen LogP contribution is -2.63. The first-order valence-electron chi connectivity index (χ1n) is 10.2. The maximum atomic E-state index is 12.6. The highest BCUT2D eigenvalue weighted by molar-refractivity contribution is 5.96. The van der Waals surface area contributed by atoms with Gasteiger partial charge in [-0.2, -0.15) is 0 Å². The van der Waals surface area contributed by atoms with Gasteiger partial charge in [-0.25, -0.2) is 4.98 Å². The molecule has 0 saturated carbocycles. The minimum atomic E-state index is -0.897. The van der Waals surface area contributed by atoms with Crippen LogP contribution in [0, 0.1) is 0 Å². The summed E-state index contributed by atoms with van der Waals surface area (Å²) in [5.41, 5.74) is 1.66. The fourth-order valence-corrected chi connectivity index (χ4v) is 3.80. The monoisotopic (exact) mass is 399 g/mol. The normalized spacial score (nSPS) is 16.0. The molecule has 0 atom stereocenters. The van der Waals surface area contributed by atoms with Crippen LogP contribution in [0.4, 0.5) is 5.69 Å². The Hall–Kier alpha value is -2.90. The molecule has 1 aromatic heterocycles. The molecule has 8 nitrogen and oxygen atoms in total. The number of fused-ring (bicyclic) bond motifs is 1. The zero-order valence-corrected chi connectivity index (χ0v) is 17.5. The molecule has 1 aliphatic rings. The number of imidazole rings is 1. The molecule has 2 heterocycles. The van der Waals surface area contributed by atoms with Gasteiger partial charge in [-0.05, 0) is 39.0 Å². The van der Waals surface area contributed by atoms with E-state index in [4.69, 9.17) is 0 Å². The van der Waals surface area contributed by atoms with Crippen LogP contribution in [-0.4, -0.2) is 50.8 Å². The highest BCUT2D eigenvalue weighted by Crippen LogP contribution is 2.22. The summed E-state index contributed by atoms with van der Waals surface area (Å²) in [5, 5.41) is 5.61.